The number of nitrogens with zero attached hydrogens (tertiary/aromatic N) is 1. The van der Waals surface area contributed by atoms with Gasteiger partial charge in [0.05, 0.1) is 0 Å². The summed E-state index contributed by atoms with van der Waals surface area (Å²) < 4.78 is 0.728. The van der Waals surface area contributed by atoms with E-state index in [0.717, 1.165) is 22.2 Å². The summed E-state index contributed by atoms with van der Waals surface area (Å²) in [7, 11) is 0. The van der Waals surface area contributed by atoms with E-state index in [0.29, 0.717) is 0 Å². The molecule has 3 heteroatoms. The first-order chi connectivity index (χ1) is 7.77. The van der Waals surface area contributed by atoms with Crippen LogP contribution >= 0.6 is 0 Å². The van der Waals surface area contributed by atoms with Crippen molar-refractivity contribution in [3.63, 3.8) is 0 Å². The molecule has 0 atom stereocenters. The molecule has 0 aliphatic carbocycles. The minimum atomic E-state index is 0.728. The average Bonchev–Trinajstić information content (AvgIpc) is 2.31. The van der Waals surface area contributed by atoms with Gasteiger partial charge in [-0.25, -0.2) is 0 Å². The van der Waals surface area contributed by atoms with Gasteiger partial charge in [-0.1, -0.05) is 0 Å². The predicted molar refractivity (Wildman–Crippen MR) is 67.5 cm³/mol. The molecule has 1 aromatic carbocycles. The van der Waals surface area contributed by atoms with Crippen molar-refractivity contribution in [2.45, 2.75) is 6.42 Å². The Morgan fingerprint density at radius 3 is 2.56 bits per heavy atom. The van der Waals surface area contributed by atoms with E-state index in [2.05, 4.69) is 26.6 Å². The molecule has 2 nitrogen and oxygen atoms in total. The molecule has 16 heavy (non-hydrogen) atoms. The van der Waals surface area contributed by atoms with Crippen molar-refractivity contribution in [2.75, 3.05) is 0 Å². The molecule has 0 radical (unpaired) electrons. The molecule has 0 unspecified atom stereocenters. The van der Waals surface area contributed by atoms with E-state index in [4.69, 9.17) is 5.73 Å². The molecule has 0 fully saturated rings. The Labute approximate surface area is 103 Å². The number of hydrogen-bond donors (Lipinski definition) is 1. The first-order valence-corrected chi connectivity index (χ1v) is 5.90. The zero-order valence-electron chi connectivity index (χ0n) is 8.76. The zero-order valence-corrected chi connectivity index (χ0v) is 10.5. The fraction of sp³-hybridized carbons (Fsp3) is 0.0769. The number of hydrogen-bond acceptors (Lipinski definition) is 2. The van der Waals surface area contributed by atoms with Crippen LogP contribution in [0.25, 0.3) is 0 Å². The van der Waals surface area contributed by atoms with Crippen LogP contribution < -0.4 is 5.73 Å². The molecular formula is C13H12N2Se. The van der Waals surface area contributed by atoms with Crippen LogP contribution in [0.1, 0.15) is 16.8 Å². The van der Waals surface area contributed by atoms with E-state index in [1.807, 2.05) is 42.6 Å². The molecule has 2 rings (SSSR count). The van der Waals surface area contributed by atoms with Crippen LogP contribution in [0.4, 0.5) is 0 Å². The molecule has 0 saturated heterocycles. The maximum atomic E-state index is 5.81. The van der Waals surface area contributed by atoms with E-state index in [1.54, 1.807) is 0 Å². The van der Waals surface area contributed by atoms with Crippen molar-refractivity contribution in [3.8, 4) is 0 Å². The molecular weight excluding hydrogens is 263 g/mol. The van der Waals surface area contributed by atoms with Crippen LogP contribution in [-0.4, -0.2) is 25.1 Å². The van der Waals surface area contributed by atoms with Gasteiger partial charge in [-0.3, -0.25) is 0 Å². The zero-order chi connectivity index (χ0) is 11.4. The molecule has 0 aliphatic rings. The Bertz CT molecular complexity index is 494. The van der Waals surface area contributed by atoms with Crippen LogP contribution in [0.3, 0.4) is 0 Å². The summed E-state index contributed by atoms with van der Waals surface area (Å²) in [5.41, 5.74) is 9.12. The molecule has 2 N–H and O–H groups in total. The molecule has 2 aromatic rings. The van der Waals surface area contributed by atoms with Gasteiger partial charge in [-0.2, -0.15) is 0 Å². The van der Waals surface area contributed by atoms with Crippen molar-refractivity contribution < 1.29 is 0 Å². The van der Waals surface area contributed by atoms with Crippen molar-refractivity contribution in [1.82, 2.24) is 4.98 Å². The van der Waals surface area contributed by atoms with Crippen molar-refractivity contribution in [2.24, 2.45) is 5.73 Å². The maximum absolute atomic E-state index is 5.81. The number of rotatable bonds is 3. The SMILES string of the molecule is NC(=[Se])c1ccccc1Cc1ccccn1. The Morgan fingerprint density at radius 1 is 1.12 bits per heavy atom. The monoisotopic (exact) mass is 276 g/mol. The Morgan fingerprint density at radius 2 is 1.88 bits per heavy atom. The van der Waals surface area contributed by atoms with Crippen LogP contribution in [0.5, 0.6) is 0 Å². The summed E-state index contributed by atoms with van der Waals surface area (Å²) in [6, 6.07) is 14.0. The molecule has 0 amide bonds. The number of pyridine rings is 1. The third kappa shape index (κ3) is 2.57. The fourth-order valence-corrected chi connectivity index (χ4v) is 2.03. The Kier molecular flexibility index (Phi) is 3.50. The summed E-state index contributed by atoms with van der Waals surface area (Å²) in [4.78, 5) is 4.31. The van der Waals surface area contributed by atoms with E-state index in [-0.39, 0.29) is 0 Å². The Hall–Kier alpha value is -1.44. The summed E-state index contributed by atoms with van der Waals surface area (Å²) in [6.45, 7) is 0. The molecule has 1 aromatic heterocycles. The molecule has 1 heterocycles. The summed E-state index contributed by atoms with van der Waals surface area (Å²) in [5.74, 6) is 0. The number of nitrogens with two attached hydrogens (primary N) is 1. The van der Waals surface area contributed by atoms with Crippen molar-refractivity contribution in [3.05, 3.63) is 65.5 Å². The first-order valence-electron chi connectivity index (χ1n) is 5.05. The number of aromatic nitrogens is 1. The summed E-state index contributed by atoms with van der Waals surface area (Å²) in [6.07, 6.45) is 2.61. The second-order valence-electron chi connectivity index (χ2n) is 3.52. The van der Waals surface area contributed by atoms with E-state index in [9.17, 15) is 0 Å². The van der Waals surface area contributed by atoms with Gasteiger partial charge >= 0.3 is 103 Å². The molecule has 0 saturated carbocycles. The summed E-state index contributed by atoms with van der Waals surface area (Å²) >= 11 is 2.86. The van der Waals surface area contributed by atoms with Gasteiger partial charge in [0.1, 0.15) is 0 Å². The topological polar surface area (TPSA) is 38.9 Å². The van der Waals surface area contributed by atoms with Crippen molar-refractivity contribution in [1.29, 1.82) is 0 Å². The second-order valence-corrected chi connectivity index (χ2v) is 4.44. The van der Waals surface area contributed by atoms with Gasteiger partial charge in [-0.05, 0) is 0 Å². The standard InChI is InChI=1S/C13H12N2Se/c14-13(16)12-7-2-1-5-10(12)9-11-6-3-4-8-15-11/h1-8H,9H2,(H2,14,16). The van der Waals surface area contributed by atoms with E-state index in [1.165, 1.54) is 5.56 Å². The van der Waals surface area contributed by atoms with Gasteiger partial charge in [0.25, 0.3) is 0 Å². The van der Waals surface area contributed by atoms with E-state index >= 15 is 0 Å². The quantitative estimate of drug-likeness (QED) is 0.857. The predicted octanol–water partition coefficient (Wildman–Crippen LogP) is 1.28. The van der Waals surface area contributed by atoms with Crippen LogP contribution in [0, 0.1) is 0 Å². The average molecular weight is 275 g/mol. The second kappa shape index (κ2) is 5.06. The van der Waals surface area contributed by atoms with Gasteiger partial charge in [-0.15, -0.1) is 0 Å². The fourth-order valence-electron chi connectivity index (χ4n) is 1.61. The minimum absolute atomic E-state index is 0.728. The first kappa shape index (κ1) is 11.1. The van der Waals surface area contributed by atoms with Crippen LogP contribution in [-0.2, 0) is 6.42 Å². The van der Waals surface area contributed by atoms with Gasteiger partial charge in [0.2, 0.25) is 0 Å². The normalized spacial score (nSPS) is 10.0. The van der Waals surface area contributed by atoms with Gasteiger partial charge in [0, 0.05) is 0 Å². The molecule has 80 valence electrons. The van der Waals surface area contributed by atoms with Crippen LogP contribution in [0.2, 0.25) is 0 Å². The third-order valence-electron chi connectivity index (χ3n) is 2.38. The molecule has 0 bridgehead atoms. The molecule has 0 spiro atoms. The van der Waals surface area contributed by atoms with E-state index < -0.39 is 0 Å². The third-order valence-corrected chi connectivity index (χ3v) is 2.84. The Balaban J connectivity index is 2.31. The van der Waals surface area contributed by atoms with Gasteiger partial charge < -0.3 is 0 Å². The van der Waals surface area contributed by atoms with Crippen molar-refractivity contribution >= 4 is 20.1 Å². The number of benzene rings is 1. The van der Waals surface area contributed by atoms with Gasteiger partial charge in [0.15, 0.2) is 0 Å². The molecule has 0 aliphatic heterocycles. The summed E-state index contributed by atoms with van der Waals surface area (Å²) in [5, 5.41) is 0. The van der Waals surface area contributed by atoms with Crippen LogP contribution in [0.15, 0.2) is 48.7 Å².